The van der Waals surface area contributed by atoms with Gasteiger partial charge in [0.2, 0.25) is 25.1 Å². The van der Waals surface area contributed by atoms with E-state index in [4.69, 9.17) is 28.4 Å². The van der Waals surface area contributed by atoms with Crippen molar-refractivity contribution in [1.29, 1.82) is 0 Å². The van der Waals surface area contributed by atoms with Crippen molar-refractivity contribution in [3.63, 3.8) is 0 Å². The second kappa shape index (κ2) is 7.08. The molecule has 0 bridgehead atoms. The molecule has 2 aromatic rings. The summed E-state index contributed by atoms with van der Waals surface area (Å²) in [5.41, 5.74) is 3.73. The molecule has 2 aromatic carbocycles. The minimum absolute atomic E-state index is 0.167. The van der Waals surface area contributed by atoms with Crippen molar-refractivity contribution in [3.05, 3.63) is 23.3 Å². The highest BCUT2D eigenvalue weighted by Crippen LogP contribution is 2.56. The lowest BCUT2D eigenvalue weighted by molar-refractivity contribution is 0.171. The molecule has 138 valence electrons. The van der Waals surface area contributed by atoms with Gasteiger partial charge in [-0.15, -0.1) is 0 Å². The van der Waals surface area contributed by atoms with Gasteiger partial charge in [-0.05, 0) is 23.3 Å². The third-order valence-corrected chi connectivity index (χ3v) is 5.56. The Morgan fingerprint density at radius 1 is 0.769 bits per heavy atom. The summed E-state index contributed by atoms with van der Waals surface area (Å²) >= 11 is 7.14. The van der Waals surface area contributed by atoms with Crippen molar-refractivity contribution >= 4 is 31.9 Å². The number of hydrogen-bond donors (Lipinski definition) is 0. The lowest BCUT2D eigenvalue weighted by Crippen LogP contribution is -2.01. The first-order chi connectivity index (χ1) is 12.7. The highest BCUT2D eigenvalue weighted by atomic mass is 79.9. The molecule has 26 heavy (non-hydrogen) atoms. The normalized spacial score (nSPS) is 13.8. The molecule has 0 fully saturated rings. The summed E-state index contributed by atoms with van der Waals surface area (Å²) in [6, 6.07) is 3.91. The van der Waals surface area contributed by atoms with Gasteiger partial charge in [0, 0.05) is 21.8 Å². The SMILES string of the molecule is COc1c2c(cc(CBr)c1-c1c(CBr)cc3c(c1OC)OCO3)OCO2. The zero-order valence-electron chi connectivity index (χ0n) is 14.2. The largest absolute Gasteiger partial charge is 0.492 e. The predicted octanol–water partition coefficient (Wildman–Crippen LogP) is 4.62. The highest BCUT2D eigenvalue weighted by molar-refractivity contribution is 9.08. The second-order valence-corrected chi connectivity index (χ2v) is 6.74. The summed E-state index contributed by atoms with van der Waals surface area (Å²) in [6.07, 6.45) is 0. The second-order valence-electron chi connectivity index (χ2n) is 5.62. The van der Waals surface area contributed by atoms with Gasteiger partial charge in [-0.1, -0.05) is 31.9 Å². The van der Waals surface area contributed by atoms with Gasteiger partial charge >= 0.3 is 0 Å². The summed E-state index contributed by atoms with van der Waals surface area (Å²) in [7, 11) is 3.23. The fourth-order valence-electron chi connectivity index (χ4n) is 3.27. The number of benzene rings is 2. The maximum Gasteiger partial charge on any atom is 0.231 e. The van der Waals surface area contributed by atoms with E-state index in [0.717, 1.165) is 22.3 Å². The third kappa shape index (κ3) is 2.58. The fraction of sp³-hybridized carbons (Fsp3) is 0.333. The summed E-state index contributed by atoms with van der Waals surface area (Å²) in [6.45, 7) is 0.334. The molecule has 0 spiro atoms. The van der Waals surface area contributed by atoms with E-state index in [1.807, 2.05) is 12.1 Å². The van der Waals surface area contributed by atoms with Crippen LogP contribution in [-0.4, -0.2) is 27.8 Å². The minimum Gasteiger partial charge on any atom is -0.492 e. The van der Waals surface area contributed by atoms with E-state index in [1.165, 1.54) is 0 Å². The molecule has 2 aliphatic heterocycles. The third-order valence-electron chi connectivity index (χ3n) is 4.35. The summed E-state index contributed by atoms with van der Waals surface area (Å²) in [5, 5.41) is 1.21. The molecule has 0 radical (unpaired) electrons. The Morgan fingerprint density at radius 3 is 1.54 bits per heavy atom. The number of halogens is 2. The van der Waals surface area contributed by atoms with Crippen LogP contribution in [-0.2, 0) is 10.7 Å². The molecule has 0 saturated carbocycles. The van der Waals surface area contributed by atoms with Gasteiger partial charge in [0.1, 0.15) is 0 Å². The smallest absolute Gasteiger partial charge is 0.231 e. The minimum atomic E-state index is 0.167. The van der Waals surface area contributed by atoms with Crippen LogP contribution in [0, 0.1) is 0 Å². The van der Waals surface area contributed by atoms with Crippen molar-refractivity contribution in [3.8, 4) is 45.6 Å². The van der Waals surface area contributed by atoms with Crippen LogP contribution < -0.4 is 28.4 Å². The predicted molar refractivity (Wildman–Crippen MR) is 102 cm³/mol. The highest BCUT2D eigenvalue weighted by Gasteiger charge is 2.32. The van der Waals surface area contributed by atoms with Crippen molar-refractivity contribution in [2.45, 2.75) is 10.7 Å². The van der Waals surface area contributed by atoms with E-state index < -0.39 is 0 Å². The van der Waals surface area contributed by atoms with E-state index in [9.17, 15) is 0 Å². The number of methoxy groups -OCH3 is 2. The van der Waals surface area contributed by atoms with Gasteiger partial charge in [-0.2, -0.15) is 0 Å². The average molecular weight is 488 g/mol. The molecule has 0 unspecified atom stereocenters. The Kier molecular flexibility index (Phi) is 4.79. The van der Waals surface area contributed by atoms with Crippen molar-refractivity contribution < 1.29 is 28.4 Å². The molecule has 0 atom stereocenters. The van der Waals surface area contributed by atoms with E-state index in [1.54, 1.807) is 14.2 Å². The summed E-state index contributed by atoms with van der Waals surface area (Å²) in [4.78, 5) is 0. The zero-order valence-corrected chi connectivity index (χ0v) is 17.4. The average Bonchev–Trinajstić information content (AvgIpc) is 3.33. The standard InChI is InChI=1S/C18H16Br2O6/c1-21-17-13(9(5-19)3-11-15(17)25-7-23-11)14-10(6-20)4-12-16(18(14)22-2)26-8-24-12/h3-4H,5-8H2,1-2H3. The van der Waals surface area contributed by atoms with Crippen LogP contribution in [0.2, 0.25) is 0 Å². The summed E-state index contributed by atoms with van der Waals surface area (Å²) in [5.74, 6) is 3.72. The van der Waals surface area contributed by atoms with Crippen LogP contribution in [0.3, 0.4) is 0 Å². The molecule has 0 aliphatic carbocycles. The van der Waals surface area contributed by atoms with Gasteiger partial charge < -0.3 is 28.4 Å². The molecular formula is C18H16Br2O6. The van der Waals surface area contributed by atoms with E-state index in [2.05, 4.69) is 31.9 Å². The van der Waals surface area contributed by atoms with Crippen molar-refractivity contribution in [1.82, 2.24) is 0 Å². The molecular weight excluding hydrogens is 472 g/mol. The lowest BCUT2D eigenvalue weighted by atomic mass is 9.93. The Bertz CT molecular complexity index is 796. The molecule has 0 amide bonds. The van der Waals surface area contributed by atoms with Crippen LogP contribution in [0.1, 0.15) is 11.1 Å². The Balaban J connectivity index is 2.08. The fourth-order valence-corrected chi connectivity index (χ4v) is 4.16. The molecule has 0 aromatic heterocycles. The van der Waals surface area contributed by atoms with Gasteiger partial charge in [-0.3, -0.25) is 0 Å². The first kappa shape index (κ1) is 17.6. The number of alkyl halides is 2. The molecule has 0 N–H and O–H groups in total. The number of fused-ring (bicyclic) bond motifs is 2. The molecule has 2 aliphatic rings. The molecule has 0 saturated heterocycles. The monoisotopic (exact) mass is 486 g/mol. The van der Waals surface area contributed by atoms with E-state index in [-0.39, 0.29) is 13.6 Å². The van der Waals surface area contributed by atoms with Gasteiger partial charge in [0.15, 0.2) is 23.0 Å². The first-order valence-electron chi connectivity index (χ1n) is 7.84. The molecule has 2 heterocycles. The zero-order chi connectivity index (χ0) is 18.3. The number of hydrogen-bond acceptors (Lipinski definition) is 6. The van der Waals surface area contributed by atoms with Crippen LogP contribution >= 0.6 is 31.9 Å². The first-order valence-corrected chi connectivity index (χ1v) is 10.1. The van der Waals surface area contributed by atoms with Crippen LogP contribution in [0.5, 0.6) is 34.5 Å². The Morgan fingerprint density at radius 2 is 1.19 bits per heavy atom. The number of rotatable bonds is 5. The van der Waals surface area contributed by atoms with E-state index >= 15 is 0 Å². The van der Waals surface area contributed by atoms with Gasteiger partial charge in [0.05, 0.1) is 14.2 Å². The maximum atomic E-state index is 5.73. The molecule has 8 heteroatoms. The topological polar surface area (TPSA) is 55.4 Å². The number of ether oxygens (including phenoxy) is 6. The Labute approximate surface area is 167 Å². The van der Waals surface area contributed by atoms with Crippen LogP contribution in [0.4, 0.5) is 0 Å². The maximum absolute atomic E-state index is 5.73. The lowest BCUT2D eigenvalue weighted by Gasteiger charge is -2.20. The van der Waals surface area contributed by atoms with Gasteiger partial charge in [0.25, 0.3) is 0 Å². The Hall–Kier alpha value is -1.80. The van der Waals surface area contributed by atoms with E-state index in [0.29, 0.717) is 45.2 Å². The molecule has 4 rings (SSSR count). The summed E-state index contributed by atoms with van der Waals surface area (Å²) < 4.78 is 33.9. The van der Waals surface area contributed by atoms with Gasteiger partial charge in [-0.25, -0.2) is 0 Å². The van der Waals surface area contributed by atoms with Crippen LogP contribution in [0.25, 0.3) is 11.1 Å². The van der Waals surface area contributed by atoms with Crippen LogP contribution in [0.15, 0.2) is 12.1 Å². The van der Waals surface area contributed by atoms with Crippen molar-refractivity contribution in [2.24, 2.45) is 0 Å². The quantitative estimate of drug-likeness (QED) is 0.573. The molecule has 6 nitrogen and oxygen atoms in total. The van der Waals surface area contributed by atoms with Crippen molar-refractivity contribution in [2.75, 3.05) is 27.8 Å².